The Morgan fingerprint density at radius 2 is 1.71 bits per heavy atom. The van der Waals surface area contributed by atoms with E-state index in [0.29, 0.717) is 12.1 Å². The number of piperazine rings is 1. The van der Waals surface area contributed by atoms with Gasteiger partial charge in [-0.05, 0) is 20.3 Å². The van der Waals surface area contributed by atoms with Crippen molar-refractivity contribution in [1.82, 2.24) is 9.80 Å². The van der Waals surface area contributed by atoms with E-state index in [9.17, 15) is 0 Å². The zero-order valence-electron chi connectivity index (χ0n) is 9.87. The molecule has 0 aromatic carbocycles. The van der Waals surface area contributed by atoms with Crippen LogP contribution in [0, 0.1) is 0 Å². The first-order valence-corrected chi connectivity index (χ1v) is 5.85. The average molecular weight is 199 g/mol. The first-order valence-electron chi connectivity index (χ1n) is 5.85. The second-order valence-corrected chi connectivity index (χ2v) is 4.60. The highest BCUT2D eigenvalue weighted by atomic mass is 15.3. The summed E-state index contributed by atoms with van der Waals surface area (Å²) < 4.78 is 0. The molecule has 1 aliphatic rings. The van der Waals surface area contributed by atoms with E-state index < -0.39 is 0 Å². The van der Waals surface area contributed by atoms with Gasteiger partial charge in [0.15, 0.2) is 0 Å². The van der Waals surface area contributed by atoms with Crippen LogP contribution in [0.1, 0.15) is 27.2 Å². The zero-order chi connectivity index (χ0) is 10.6. The van der Waals surface area contributed by atoms with Crippen molar-refractivity contribution in [2.24, 2.45) is 5.73 Å². The van der Waals surface area contributed by atoms with Crippen LogP contribution in [0.2, 0.25) is 0 Å². The standard InChI is InChI=1S/C11H25N3/c1-4-11(12)9-13-5-7-14(8-6-13)10(2)3/h10-11H,4-9,12H2,1-3H3. The van der Waals surface area contributed by atoms with Gasteiger partial charge in [0.05, 0.1) is 0 Å². The predicted molar refractivity (Wildman–Crippen MR) is 61.4 cm³/mol. The van der Waals surface area contributed by atoms with Gasteiger partial charge in [0, 0.05) is 44.8 Å². The van der Waals surface area contributed by atoms with Crippen LogP contribution in [0.15, 0.2) is 0 Å². The van der Waals surface area contributed by atoms with Crippen molar-refractivity contribution in [3.05, 3.63) is 0 Å². The molecule has 1 saturated heterocycles. The Morgan fingerprint density at radius 3 is 2.14 bits per heavy atom. The Labute approximate surface area is 88.2 Å². The lowest BCUT2D eigenvalue weighted by Gasteiger charge is -2.37. The largest absolute Gasteiger partial charge is 0.327 e. The normalized spacial score (nSPS) is 22.9. The highest BCUT2D eigenvalue weighted by Gasteiger charge is 2.19. The monoisotopic (exact) mass is 199 g/mol. The molecular formula is C11H25N3. The lowest BCUT2D eigenvalue weighted by atomic mass is 10.2. The molecule has 0 amide bonds. The van der Waals surface area contributed by atoms with E-state index in [1.165, 1.54) is 26.2 Å². The molecule has 1 unspecified atom stereocenters. The second kappa shape index (κ2) is 5.69. The highest BCUT2D eigenvalue weighted by molar-refractivity contribution is 4.76. The van der Waals surface area contributed by atoms with Crippen LogP contribution in [0.25, 0.3) is 0 Å². The molecule has 3 heteroatoms. The van der Waals surface area contributed by atoms with Crippen molar-refractivity contribution in [3.63, 3.8) is 0 Å². The van der Waals surface area contributed by atoms with Gasteiger partial charge in [-0.25, -0.2) is 0 Å². The molecule has 1 fully saturated rings. The lowest BCUT2D eigenvalue weighted by Crippen LogP contribution is -2.51. The third-order valence-electron chi connectivity index (χ3n) is 3.15. The molecule has 0 aromatic rings. The molecule has 1 aliphatic heterocycles. The molecule has 0 spiro atoms. The zero-order valence-corrected chi connectivity index (χ0v) is 9.87. The van der Waals surface area contributed by atoms with Crippen molar-refractivity contribution in [3.8, 4) is 0 Å². The number of hydrogen-bond acceptors (Lipinski definition) is 3. The third kappa shape index (κ3) is 3.56. The minimum atomic E-state index is 0.362. The van der Waals surface area contributed by atoms with Gasteiger partial charge >= 0.3 is 0 Å². The molecule has 0 aromatic heterocycles. The SMILES string of the molecule is CCC(N)CN1CCN(C(C)C)CC1. The minimum absolute atomic E-state index is 0.362. The van der Waals surface area contributed by atoms with Gasteiger partial charge in [0.1, 0.15) is 0 Å². The average Bonchev–Trinajstić information content (AvgIpc) is 2.18. The summed E-state index contributed by atoms with van der Waals surface area (Å²) in [4.78, 5) is 5.03. The molecule has 0 aliphatic carbocycles. The molecule has 0 bridgehead atoms. The molecule has 1 heterocycles. The Hall–Kier alpha value is -0.120. The van der Waals surface area contributed by atoms with E-state index in [1.54, 1.807) is 0 Å². The van der Waals surface area contributed by atoms with Crippen LogP contribution in [-0.2, 0) is 0 Å². The van der Waals surface area contributed by atoms with E-state index in [2.05, 4.69) is 30.6 Å². The summed E-state index contributed by atoms with van der Waals surface area (Å²) in [7, 11) is 0. The number of nitrogens with two attached hydrogens (primary N) is 1. The van der Waals surface area contributed by atoms with Crippen LogP contribution >= 0.6 is 0 Å². The van der Waals surface area contributed by atoms with Gasteiger partial charge in [-0.15, -0.1) is 0 Å². The summed E-state index contributed by atoms with van der Waals surface area (Å²) >= 11 is 0. The fourth-order valence-electron chi connectivity index (χ4n) is 1.92. The topological polar surface area (TPSA) is 32.5 Å². The number of rotatable bonds is 4. The summed E-state index contributed by atoms with van der Waals surface area (Å²) in [5.74, 6) is 0. The first-order chi connectivity index (χ1) is 6.63. The maximum Gasteiger partial charge on any atom is 0.0165 e. The van der Waals surface area contributed by atoms with Crippen LogP contribution in [-0.4, -0.2) is 54.6 Å². The van der Waals surface area contributed by atoms with Crippen LogP contribution < -0.4 is 5.73 Å². The van der Waals surface area contributed by atoms with Crippen LogP contribution in [0.3, 0.4) is 0 Å². The molecule has 14 heavy (non-hydrogen) atoms. The Morgan fingerprint density at radius 1 is 1.14 bits per heavy atom. The van der Waals surface area contributed by atoms with Gasteiger partial charge in [0.25, 0.3) is 0 Å². The molecule has 1 rings (SSSR count). The molecule has 84 valence electrons. The summed E-state index contributed by atoms with van der Waals surface area (Å²) in [5, 5.41) is 0. The third-order valence-corrected chi connectivity index (χ3v) is 3.15. The molecule has 0 radical (unpaired) electrons. The van der Waals surface area contributed by atoms with E-state index in [4.69, 9.17) is 5.73 Å². The van der Waals surface area contributed by atoms with Crippen molar-refractivity contribution in [1.29, 1.82) is 0 Å². The molecule has 2 N–H and O–H groups in total. The predicted octanol–water partition coefficient (Wildman–Crippen LogP) is 0.750. The Kier molecular flexibility index (Phi) is 4.85. The molecule has 0 saturated carbocycles. The second-order valence-electron chi connectivity index (χ2n) is 4.60. The summed E-state index contributed by atoms with van der Waals surface area (Å²) in [5.41, 5.74) is 5.94. The number of hydrogen-bond donors (Lipinski definition) is 1. The van der Waals surface area contributed by atoms with Crippen molar-refractivity contribution >= 4 is 0 Å². The fraction of sp³-hybridized carbons (Fsp3) is 1.00. The smallest absolute Gasteiger partial charge is 0.0165 e. The van der Waals surface area contributed by atoms with Gasteiger partial charge < -0.3 is 5.73 Å². The summed E-state index contributed by atoms with van der Waals surface area (Å²) in [6.07, 6.45) is 1.09. The van der Waals surface area contributed by atoms with Gasteiger partial charge in [-0.2, -0.15) is 0 Å². The van der Waals surface area contributed by atoms with E-state index in [1.807, 2.05) is 0 Å². The van der Waals surface area contributed by atoms with Gasteiger partial charge in [-0.3, -0.25) is 9.80 Å². The van der Waals surface area contributed by atoms with Gasteiger partial charge in [0.2, 0.25) is 0 Å². The molecular weight excluding hydrogens is 174 g/mol. The van der Waals surface area contributed by atoms with Crippen LogP contribution in [0.5, 0.6) is 0 Å². The Balaban J connectivity index is 2.22. The Bertz CT molecular complexity index is 151. The summed E-state index contributed by atoms with van der Waals surface area (Å²) in [6, 6.07) is 1.05. The molecule has 1 atom stereocenters. The maximum absolute atomic E-state index is 5.94. The quantitative estimate of drug-likeness (QED) is 0.725. The maximum atomic E-state index is 5.94. The van der Waals surface area contributed by atoms with E-state index >= 15 is 0 Å². The van der Waals surface area contributed by atoms with E-state index in [-0.39, 0.29) is 0 Å². The summed E-state index contributed by atoms with van der Waals surface area (Å²) in [6.45, 7) is 12.6. The molecule has 3 nitrogen and oxygen atoms in total. The van der Waals surface area contributed by atoms with Crippen LogP contribution in [0.4, 0.5) is 0 Å². The van der Waals surface area contributed by atoms with E-state index in [0.717, 1.165) is 13.0 Å². The lowest BCUT2D eigenvalue weighted by molar-refractivity contribution is 0.104. The number of nitrogens with zero attached hydrogens (tertiary/aromatic N) is 2. The fourth-order valence-corrected chi connectivity index (χ4v) is 1.92. The minimum Gasteiger partial charge on any atom is -0.327 e. The van der Waals surface area contributed by atoms with Crippen molar-refractivity contribution < 1.29 is 0 Å². The highest BCUT2D eigenvalue weighted by Crippen LogP contribution is 2.06. The van der Waals surface area contributed by atoms with Gasteiger partial charge in [-0.1, -0.05) is 6.92 Å². The first kappa shape index (κ1) is 12.0. The van der Waals surface area contributed by atoms with Crippen molar-refractivity contribution in [2.45, 2.75) is 39.3 Å². The van der Waals surface area contributed by atoms with Crippen molar-refractivity contribution in [2.75, 3.05) is 32.7 Å².